The van der Waals surface area contributed by atoms with E-state index >= 15 is 0 Å². The van der Waals surface area contributed by atoms with Crippen LogP contribution in [0.4, 0.5) is 17.1 Å². The van der Waals surface area contributed by atoms with Crippen molar-refractivity contribution in [1.82, 2.24) is 4.57 Å². The van der Waals surface area contributed by atoms with Crippen molar-refractivity contribution in [3.63, 3.8) is 0 Å². The predicted molar refractivity (Wildman–Crippen MR) is 290 cm³/mol. The van der Waals surface area contributed by atoms with Gasteiger partial charge >= 0.3 is 0 Å². The van der Waals surface area contributed by atoms with E-state index in [1.54, 1.807) is 0 Å². The maximum atomic E-state index is 6.48. The highest BCUT2D eigenvalue weighted by Gasteiger charge is 2.52. The van der Waals surface area contributed by atoms with Crippen molar-refractivity contribution in [1.29, 1.82) is 0 Å². The minimum atomic E-state index is -0.387. The summed E-state index contributed by atoms with van der Waals surface area (Å²) in [6.45, 7) is 0. The zero-order chi connectivity index (χ0) is 45.9. The number of rotatable bonds is 6. The van der Waals surface area contributed by atoms with Crippen molar-refractivity contribution in [2.75, 3.05) is 4.90 Å². The first-order chi connectivity index (χ1) is 34.7. The maximum Gasteiger partial charge on any atom is 0.137 e. The fourth-order valence-corrected chi connectivity index (χ4v) is 12.3. The van der Waals surface area contributed by atoms with Crippen LogP contribution in [0.5, 0.6) is 0 Å². The standard InChI is InChI=1S/C67H42N2O/c1-7-21-58-51(14-1)52-15-2-8-22-59(52)67(58)60-23-9-3-19-57(60)66-50(20-13-24-61(66)67)45-32-38-47(39-33-45)68(49-40-41-56-55-18-6-12-27-64(55)70-65(56)42-49)46-34-28-43(29-35-46)44-30-36-48(37-31-44)69-62-25-10-4-16-53(62)54-17-5-11-26-63(54)69/h1-42H. The highest BCUT2D eigenvalue weighted by Crippen LogP contribution is 2.64. The Morgan fingerprint density at radius 3 is 1.41 bits per heavy atom. The quantitative estimate of drug-likeness (QED) is 0.166. The Morgan fingerprint density at radius 2 is 0.771 bits per heavy atom. The lowest BCUT2D eigenvalue weighted by Gasteiger charge is -2.30. The van der Waals surface area contributed by atoms with Gasteiger partial charge in [0.05, 0.1) is 16.4 Å². The van der Waals surface area contributed by atoms with Gasteiger partial charge in [-0.3, -0.25) is 0 Å². The average molecular weight is 891 g/mol. The smallest absolute Gasteiger partial charge is 0.137 e. The summed E-state index contributed by atoms with van der Waals surface area (Å²) in [6.07, 6.45) is 0. The second-order valence-electron chi connectivity index (χ2n) is 18.7. The number of aromatic nitrogens is 1. The summed E-state index contributed by atoms with van der Waals surface area (Å²) in [5.74, 6) is 0. The van der Waals surface area contributed by atoms with Crippen LogP contribution in [0.3, 0.4) is 0 Å². The first-order valence-corrected chi connectivity index (χ1v) is 24.2. The molecular weight excluding hydrogens is 849 g/mol. The Hall–Kier alpha value is -9.18. The first kappa shape index (κ1) is 38.9. The van der Waals surface area contributed by atoms with Gasteiger partial charge < -0.3 is 13.9 Å². The van der Waals surface area contributed by atoms with Crippen LogP contribution < -0.4 is 4.90 Å². The van der Waals surface area contributed by atoms with Gasteiger partial charge in [-0.1, -0.05) is 182 Å². The molecule has 0 bridgehead atoms. The van der Waals surface area contributed by atoms with Gasteiger partial charge in [0.25, 0.3) is 0 Å². The molecule has 15 rings (SSSR count). The Bertz CT molecular complexity index is 4130. The average Bonchev–Trinajstić information content (AvgIpc) is 4.16. The van der Waals surface area contributed by atoms with Crippen LogP contribution in [0.1, 0.15) is 22.3 Å². The fraction of sp³-hybridized carbons (Fsp3) is 0.0149. The molecular formula is C67H42N2O. The van der Waals surface area contributed by atoms with Gasteiger partial charge in [-0.2, -0.15) is 0 Å². The zero-order valence-corrected chi connectivity index (χ0v) is 38.1. The van der Waals surface area contributed by atoms with Gasteiger partial charge in [-0.25, -0.2) is 0 Å². The molecule has 11 aromatic carbocycles. The highest BCUT2D eigenvalue weighted by atomic mass is 16.3. The third kappa shape index (κ3) is 5.46. The molecule has 0 atom stereocenters. The van der Waals surface area contributed by atoms with E-state index in [1.807, 2.05) is 12.1 Å². The van der Waals surface area contributed by atoms with Gasteiger partial charge in [0.2, 0.25) is 0 Å². The number of anilines is 3. The molecule has 0 aliphatic heterocycles. The number of nitrogens with zero attached hydrogens (tertiary/aromatic N) is 2. The third-order valence-corrected chi connectivity index (χ3v) is 15.2. The molecule has 1 spiro atoms. The topological polar surface area (TPSA) is 21.3 Å². The molecule has 2 aliphatic rings. The Morgan fingerprint density at radius 1 is 0.314 bits per heavy atom. The van der Waals surface area contributed by atoms with Crippen LogP contribution in [0.25, 0.3) is 93.9 Å². The molecule has 3 nitrogen and oxygen atoms in total. The van der Waals surface area contributed by atoms with Crippen molar-refractivity contribution in [2.45, 2.75) is 5.41 Å². The van der Waals surface area contributed by atoms with E-state index in [-0.39, 0.29) is 5.41 Å². The molecule has 2 aliphatic carbocycles. The molecule has 0 amide bonds. The number of hydrogen-bond donors (Lipinski definition) is 0. The van der Waals surface area contributed by atoms with Crippen LogP contribution in [0.15, 0.2) is 259 Å². The van der Waals surface area contributed by atoms with E-state index in [0.717, 1.165) is 50.3 Å². The number of fused-ring (bicyclic) bond motifs is 16. The molecule has 0 N–H and O–H groups in total. The van der Waals surface area contributed by atoms with E-state index in [1.165, 1.54) is 83.0 Å². The molecule has 2 heterocycles. The molecule has 13 aromatic rings. The minimum absolute atomic E-state index is 0.387. The van der Waals surface area contributed by atoms with E-state index in [2.05, 4.69) is 252 Å². The van der Waals surface area contributed by atoms with Crippen LogP contribution in [0, 0.1) is 0 Å². The molecule has 2 aromatic heterocycles. The van der Waals surface area contributed by atoms with Crippen molar-refractivity contribution >= 4 is 60.8 Å². The van der Waals surface area contributed by atoms with Crippen LogP contribution in [-0.4, -0.2) is 4.57 Å². The van der Waals surface area contributed by atoms with Crippen molar-refractivity contribution in [3.8, 4) is 50.2 Å². The Kier molecular flexibility index (Phi) is 8.28. The Labute approximate surface area is 405 Å². The van der Waals surface area contributed by atoms with Gasteiger partial charge in [0.1, 0.15) is 11.2 Å². The molecule has 0 saturated heterocycles. The summed E-state index contributed by atoms with van der Waals surface area (Å²) in [4.78, 5) is 2.34. The predicted octanol–water partition coefficient (Wildman–Crippen LogP) is 17.8. The number of benzene rings is 11. The highest BCUT2D eigenvalue weighted by molar-refractivity contribution is 6.09. The van der Waals surface area contributed by atoms with Crippen LogP contribution in [-0.2, 0) is 5.41 Å². The SMILES string of the molecule is c1ccc2c(c1)-c1ccccc1C21c2ccccc2-c2c(-c3ccc(N(c4ccc(-c5ccc(-n6c7ccccc7c7ccccc76)cc5)cc4)c4ccc5c(c4)oc4ccccc45)cc3)cccc21. The van der Waals surface area contributed by atoms with Crippen LogP contribution >= 0.6 is 0 Å². The molecule has 0 radical (unpaired) electrons. The lowest BCUT2D eigenvalue weighted by atomic mass is 9.70. The second kappa shape index (κ2) is 14.9. The first-order valence-electron chi connectivity index (χ1n) is 24.2. The molecule has 3 heteroatoms. The number of furan rings is 1. The normalized spacial score (nSPS) is 13.0. The molecule has 326 valence electrons. The summed E-state index contributed by atoms with van der Waals surface area (Å²) in [7, 11) is 0. The fourth-order valence-electron chi connectivity index (χ4n) is 12.3. The van der Waals surface area contributed by atoms with Crippen molar-refractivity contribution in [2.24, 2.45) is 0 Å². The second-order valence-corrected chi connectivity index (χ2v) is 18.7. The monoisotopic (exact) mass is 890 g/mol. The van der Waals surface area contributed by atoms with E-state index < -0.39 is 0 Å². The van der Waals surface area contributed by atoms with Crippen LogP contribution in [0.2, 0.25) is 0 Å². The third-order valence-electron chi connectivity index (χ3n) is 15.2. The van der Waals surface area contributed by atoms with Gasteiger partial charge in [-0.05, 0) is 133 Å². The minimum Gasteiger partial charge on any atom is -0.456 e. The number of hydrogen-bond acceptors (Lipinski definition) is 2. The van der Waals surface area contributed by atoms with Gasteiger partial charge in [-0.15, -0.1) is 0 Å². The van der Waals surface area contributed by atoms with E-state index in [0.29, 0.717) is 0 Å². The summed E-state index contributed by atoms with van der Waals surface area (Å²) >= 11 is 0. The summed E-state index contributed by atoms with van der Waals surface area (Å²) in [5.41, 5.74) is 23.5. The van der Waals surface area contributed by atoms with E-state index in [4.69, 9.17) is 4.42 Å². The zero-order valence-electron chi connectivity index (χ0n) is 38.1. The Balaban J connectivity index is 0.828. The van der Waals surface area contributed by atoms with Gasteiger partial charge in [0, 0.05) is 50.4 Å². The summed E-state index contributed by atoms with van der Waals surface area (Å²) in [6, 6.07) is 93.3. The summed E-state index contributed by atoms with van der Waals surface area (Å²) in [5, 5.41) is 4.76. The molecule has 70 heavy (non-hydrogen) atoms. The van der Waals surface area contributed by atoms with E-state index in [9.17, 15) is 0 Å². The summed E-state index contributed by atoms with van der Waals surface area (Å²) < 4.78 is 8.85. The molecule has 0 unspecified atom stereocenters. The maximum absolute atomic E-state index is 6.48. The molecule has 0 fully saturated rings. The lowest BCUT2D eigenvalue weighted by Crippen LogP contribution is -2.25. The largest absolute Gasteiger partial charge is 0.456 e. The van der Waals surface area contributed by atoms with Crippen molar-refractivity contribution < 1.29 is 4.42 Å². The lowest BCUT2D eigenvalue weighted by molar-refractivity contribution is 0.669. The number of para-hydroxylation sites is 3. The van der Waals surface area contributed by atoms with Gasteiger partial charge in [0.15, 0.2) is 0 Å². The molecule has 0 saturated carbocycles. The van der Waals surface area contributed by atoms with Crippen molar-refractivity contribution in [3.05, 3.63) is 277 Å².